The summed E-state index contributed by atoms with van der Waals surface area (Å²) in [4.78, 5) is 0. The number of benzene rings is 3. The van der Waals surface area contributed by atoms with Gasteiger partial charge in [0.05, 0.1) is 13.2 Å². The molecule has 0 heterocycles. The average Bonchev–Trinajstić information content (AvgIpc) is 2.76. The van der Waals surface area contributed by atoms with E-state index >= 15 is 0 Å². The van der Waals surface area contributed by atoms with Gasteiger partial charge in [0, 0.05) is 0 Å². The highest BCUT2D eigenvalue weighted by Crippen LogP contribution is 2.30. The summed E-state index contributed by atoms with van der Waals surface area (Å²) < 4.78 is 39.6. The topological polar surface area (TPSA) is 18.5 Å². The Morgan fingerprint density at radius 3 is 1.27 bits per heavy atom. The summed E-state index contributed by atoms with van der Waals surface area (Å²) in [6.07, 6.45) is 3.80. The largest absolute Gasteiger partial charge is 0.491 e. The minimum Gasteiger partial charge on any atom is -0.491 e. The van der Waals surface area contributed by atoms with Gasteiger partial charge in [0.25, 0.3) is 0 Å². The van der Waals surface area contributed by atoms with E-state index in [2.05, 4.69) is 13.8 Å². The summed E-state index contributed by atoms with van der Waals surface area (Å²) in [7, 11) is 0. The summed E-state index contributed by atoms with van der Waals surface area (Å²) >= 11 is 0. The maximum Gasteiger partial charge on any atom is 0.165 e. The number of ether oxygens (including phenoxy) is 2. The molecule has 0 fully saturated rings. The van der Waals surface area contributed by atoms with Crippen LogP contribution in [0.25, 0.3) is 22.3 Å². The Morgan fingerprint density at radius 2 is 0.933 bits per heavy atom. The number of rotatable bonds is 10. The van der Waals surface area contributed by atoms with Gasteiger partial charge in [-0.15, -0.1) is 0 Å². The van der Waals surface area contributed by atoms with Crippen LogP contribution in [0.1, 0.15) is 39.5 Å². The fourth-order valence-electron chi connectivity index (χ4n) is 3.10. The zero-order valence-electron chi connectivity index (χ0n) is 17.6. The van der Waals surface area contributed by atoms with Crippen LogP contribution in [-0.2, 0) is 0 Å². The van der Waals surface area contributed by atoms with Crippen LogP contribution >= 0.6 is 0 Å². The molecule has 30 heavy (non-hydrogen) atoms. The molecule has 0 aromatic heterocycles. The molecule has 3 aromatic carbocycles. The molecule has 0 aliphatic heterocycles. The highest BCUT2D eigenvalue weighted by Gasteiger charge is 2.09. The van der Waals surface area contributed by atoms with E-state index in [-0.39, 0.29) is 23.1 Å². The highest BCUT2D eigenvalue weighted by molar-refractivity contribution is 5.71. The predicted molar refractivity (Wildman–Crippen MR) is 118 cm³/mol. The fourth-order valence-corrected chi connectivity index (χ4v) is 3.10. The minimum absolute atomic E-state index is 0.278. The Hall–Kier alpha value is -2.88. The molecule has 4 heteroatoms. The lowest BCUT2D eigenvalue weighted by Crippen LogP contribution is -1.98. The standard InChI is InChI=1S/C26H28F2O2/c1-3-5-15-29-25-13-11-21(17-23(25)27)19-7-9-20(10-8-19)22-12-14-26(24(28)18-22)30-16-6-4-2/h7-14,17-18H,3-6,15-16H2,1-2H3. The Balaban J connectivity index is 1.72. The molecule has 0 saturated heterocycles. The molecule has 0 atom stereocenters. The molecule has 0 spiro atoms. The second-order valence-corrected chi connectivity index (χ2v) is 7.27. The van der Waals surface area contributed by atoms with Crippen molar-refractivity contribution >= 4 is 0 Å². The molecule has 0 unspecified atom stereocenters. The molecule has 0 saturated carbocycles. The van der Waals surface area contributed by atoms with Gasteiger partial charge in [-0.3, -0.25) is 0 Å². The Kier molecular flexibility index (Phi) is 7.83. The Bertz CT molecular complexity index is 873. The zero-order chi connectivity index (χ0) is 21.3. The van der Waals surface area contributed by atoms with Crippen molar-refractivity contribution in [3.05, 3.63) is 72.3 Å². The smallest absolute Gasteiger partial charge is 0.165 e. The maximum atomic E-state index is 14.3. The number of unbranched alkanes of at least 4 members (excludes halogenated alkanes) is 2. The Labute approximate surface area is 177 Å². The van der Waals surface area contributed by atoms with E-state index in [0.29, 0.717) is 13.2 Å². The molecular weight excluding hydrogens is 382 g/mol. The third kappa shape index (κ3) is 5.59. The maximum absolute atomic E-state index is 14.3. The van der Waals surface area contributed by atoms with Gasteiger partial charge in [0.1, 0.15) is 0 Å². The molecule has 3 rings (SSSR count). The summed E-state index contributed by atoms with van der Waals surface area (Å²) in [5.74, 6) is -0.178. The molecule has 0 aliphatic carbocycles. The summed E-state index contributed by atoms with van der Waals surface area (Å²) in [5, 5.41) is 0. The monoisotopic (exact) mass is 410 g/mol. The lowest BCUT2D eigenvalue weighted by atomic mass is 10.00. The minimum atomic E-state index is -0.367. The van der Waals surface area contributed by atoms with Crippen molar-refractivity contribution in [2.45, 2.75) is 39.5 Å². The number of hydrogen-bond acceptors (Lipinski definition) is 2. The van der Waals surface area contributed by atoms with E-state index < -0.39 is 0 Å². The van der Waals surface area contributed by atoms with Crippen LogP contribution in [0.3, 0.4) is 0 Å². The highest BCUT2D eigenvalue weighted by atomic mass is 19.1. The quantitative estimate of drug-likeness (QED) is 0.319. The van der Waals surface area contributed by atoms with Crippen LogP contribution < -0.4 is 9.47 Å². The van der Waals surface area contributed by atoms with E-state index in [1.54, 1.807) is 12.1 Å². The summed E-state index contributed by atoms with van der Waals surface area (Å²) in [5.41, 5.74) is 3.32. The Morgan fingerprint density at radius 1 is 0.567 bits per heavy atom. The predicted octanol–water partition coefficient (Wildman–Crippen LogP) is 7.66. The van der Waals surface area contributed by atoms with Crippen molar-refractivity contribution in [3.63, 3.8) is 0 Å². The van der Waals surface area contributed by atoms with Crippen molar-refractivity contribution in [1.82, 2.24) is 0 Å². The second kappa shape index (κ2) is 10.8. The van der Waals surface area contributed by atoms with Crippen LogP contribution in [-0.4, -0.2) is 13.2 Å². The van der Waals surface area contributed by atoms with Crippen molar-refractivity contribution in [3.8, 4) is 33.8 Å². The molecule has 158 valence electrons. The van der Waals surface area contributed by atoms with Gasteiger partial charge in [0.2, 0.25) is 0 Å². The fraction of sp³-hybridized carbons (Fsp3) is 0.308. The van der Waals surface area contributed by atoms with Gasteiger partial charge in [-0.2, -0.15) is 0 Å². The lowest BCUT2D eigenvalue weighted by Gasteiger charge is -2.10. The molecule has 0 amide bonds. The van der Waals surface area contributed by atoms with Gasteiger partial charge in [0.15, 0.2) is 23.1 Å². The van der Waals surface area contributed by atoms with Gasteiger partial charge in [-0.25, -0.2) is 8.78 Å². The molecule has 0 bridgehead atoms. The van der Waals surface area contributed by atoms with Crippen molar-refractivity contribution in [2.24, 2.45) is 0 Å². The first-order chi connectivity index (χ1) is 14.6. The van der Waals surface area contributed by atoms with Gasteiger partial charge in [-0.1, -0.05) is 63.1 Å². The van der Waals surface area contributed by atoms with E-state index in [9.17, 15) is 8.78 Å². The summed E-state index contributed by atoms with van der Waals surface area (Å²) in [6, 6.07) is 17.6. The van der Waals surface area contributed by atoms with Crippen molar-refractivity contribution < 1.29 is 18.3 Å². The van der Waals surface area contributed by atoms with Crippen molar-refractivity contribution in [2.75, 3.05) is 13.2 Å². The third-order valence-corrected chi connectivity index (χ3v) is 4.93. The molecule has 0 aliphatic rings. The van der Waals surface area contributed by atoms with E-state index in [4.69, 9.17) is 9.47 Å². The van der Waals surface area contributed by atoms with Crippen molar-refractivity contribution in [1.29, 1.82) is 0 Å². The van der Waals surface area contributed by atoms with E-state index in [1.807, 2.05) is 36.4 Å². The number of halogens is 2. The van der Waals surface area contributed by atoms with Crippen LogP contribution in [0.15, 0.2) is 60.7 Å². The summed E-state index contributed by atoms with van der Waals surface area (Å²) in [6.45, 7) is 5.16. The van der Waals surface area contributed by atoms with Gasteiger partial charge >= 0.3 is 0 Å². The first kappa shape index (κ1) is 21.8. The first-order valence-electron chi connectivity index (χ1n) is 10.6. The molecule has 2 nitrogen and oxygen atoms in total. The van der Waals surface area contributed by atoms with Crippen LogP contribution in [0.2, 0.25) is 0 Å². The molecular formula is C26H28F2O2. The van der Waals surface area contributed by atoms with Crippen LogP contribution in [0, 0.1) is 11.6 Å². The van der Waals surface area contributed by atoms with Gasteiger partial charge in [-0.05, 0) is 59.4 Å². The second-order valence-electron chi connectivity index (χ2n) is 7.27. The molecule has 3 aromatic rings. The SMILES string of the molecule is CCCCOc1ccc(-c2ccc(-c3ccc(OCCCC)c(F)c3)cc2)cc1F. The molecule has 0 radical (unpaired) electrons. The lowest BCUT2D eigenvalue weighted by molar-refractivity contribution is 0.294. The van der Waals surface area contributed by atoms with Gasteiger partial charge < -0.3 is 9.47 Å². The van der Waals surface area contributed by atoms with E-state index in [1.165, 1.54) is 12.1 Å². The molecule has 0 N–H and O–H groups in total. The average molecular weight is 411 g/mol. The zero-order valence-corrected chi connectivity index (χ0v) is 17.6. The van der Waals surface area contributed by atoms with Crippen LogP contribution in [0.4, 0.5) is 8.78 Å². The number of hydrogen-bond donors (Lipinski definition) is 0. The third-order valence-electron chi connectivity index (χ3n) is 4.93. The normalized spacial score (nSPS) is 10.8. The van der Waals surface area contributed by atoms with E-state index in [0.717, 1.165) is 47.9 Å². The first-order valence-corrected chi connectivity index (χ1v) is 10.6. The van der Waals surface area contributed by atoms with Crippen LogP contribution in [0.5, 0.6) is 11.5 Å².